The molecule has 2 aromatic rings. The molecule has 1 atom stereocenters. The fourth-order valence-electron chi connectivity index (χ4n) is 1.74. The highest BCUT2D eigenvalue weighted by Gasteiger charge is 2.30. The summed E-state index contributed by atoms with van der Waals surface area (Å²) in [6, 6.07) is 16.7. The van der Waals surface area contributed by atoms with E-state index < -0.39 is 5.54 Å². The van der Waals surface area contributed by atoms with Crippen molar-refractivity contribution in [3.8, 4) is 0 Å². The average Bonchev–Trinajstić information content (AvgIpc) is 2.39. The first kappa shape index (κ1) is 13.8. The normalized spacial score (nSPS) is 13.6. The second kappa shape index (κ2) is 5.55. The number of hydrogen-bond donors (Lipinski definition) is 2. The van der Waals surface area contributed by atoms with Gasteiger partial charge in [-0.05, 0) is 30.7 Å². The van der Waals surface area contributed by atoms with E-state index in [0.717, 1.165) is 10.0 Å². The number of benzene rings is 2. The van der Waals surface area contributed by atoms with Crippen molar-refractivity contribution in [2.45, 2.75) is 12.5 Å². The highest BCUT2D eigenvalue weighted by molar-refractivity contribution is 9.10. The summed E-state index contributed by atoms with van der Waals surface area (Å²) in [5, 5.41) is 2.83. The van der Waals surface area contributed by atoms with Crippen molar-refractivity contribution in [3.05, 3.63) is 64.6 Å². The first-order valence-corrected chi connectivity index (χ1v) is 6.71. The summed E-state index contributed by atoms with van der Waals surface area (Å²) in [6.07, 6.45) is 0. The van der Waals surface area contributed by atoms with Crippen LogP contribution in [0.3, 0.4) is 0 Å². The zero-order valence-corrected chi connectivity index (χ0v) is 12.1. The molecule has 0 saturated heterocycles. The molecule has 98 valence electrons. The highest BCUT2D eigenvalue weighted by atomic mass is 79.9. The van der Waals surface area contributed by atoms with E-state index in [1.165, 1.54) is 0 Å². The van der Waals surface area contributed by atoms with Crippen LogP contribution in [0.4, 0.5) is 5.69 Å². The number of carbonyl (C=O) groups excluding carboxylic acids is 1. The van der Waals surface area contributed by atoms with Gasteiger partial charge in [0, 0.05) is 10.2 Å². The van der Waals surface area contributed by atoms with Crippen molar-refractivity contribution in [2.24, 2.45) is 5.73 Å². The van der Waals surface area contributed by atoms with Crippen LogP contribution in [0, 0.1) is 0 Å². The molecule has 0 aliphatic rings. The molecule has 3 nitrogen and oxygen atoms in total. The first-order chi connectivity index (χ1) is 9.00. The molecule has 2 aromatic carbocycles. The molecule has 0 heterocycles. The smallest absolute Gasteiger partial charge is 0.248 e. The van der Waals surface area contributed by atoms with Crippen LogP contribution in [0.2, 0.25) is 0 Å². The Morgan fingerprint density at radius 1 is 1.16 bits per heavy atom. The Hall–Kier alpha value is -1.65. The summed E-state index contributed by atoms with van der Waals surface area (Å²) in [4.78, 5) is 12.3. The van der Waals surface area contributed by atoms with E-state index in [1.807, 2.05) is 54.6 Å². The van der Waals surface area contributed by atoms with Crippen LogP contribution in [-0.4, -0.2) is 5.91 Å². The molecule has 0 radical (unpaired) electrons. The van der Waals surface area contributed by atoms with Gasteiger partial charge in [-0.3, -0.25) is 4.79 Å². The first-order valence-electron chi connectivity index (χ1n) is 5.91. The number of rotatable bonds is 3. The van der Waals surface area contributed by atoms with E-state index in [2.05, 4.69) is 21.2 Å². The third-order valence-corrected chi connectivity index (χ3v) is 3.42. The predicted molar refractivity (Wildman–Crippen MR) is 80.8 cm³/mol. The third kappa shape index (κ3) is 3.22. The molecule has 1 unspecified atom stereocenters. The lowest BCUT2D eigenvalue weighted by Gasteiger charge is -2.24. The second-order valence-corrected chi connectivity index (χ2v) is 5.45. The molecule has 0 aliphatic carbocycles. The van der Waals surface area contributed by atoms with Crippen molar-refractivity contribution in [2.75, 3.05) is 5.32 Å². The minimum atomic E-state index is -1.07. The number of nitrogens with two attached hydrogens (primary N) is 1. The zero-order chi connectivity index (χ0) is 13.9. The molecular formula is C15H15BrN2O. The van der Waals surface area contributed by atoms with Gasteiger partial charge in [-0.25, -0.2) is 0 Å². The Morgan fingerprint density at radius 3 is 2.47 bits per heavy atom. The van der Waals surface area contributed by atoms with E-state index >= 15 is 0 Å². The molecule has 0 bridgehead atoms. The number of hydrogen-bond acceptors (Lipinski definition) is 2. The van der Waals surface area contributed by atoms with Gasteiger partial charge in [0.1, 0.15) is 5.54 Å². The van der Waals surface area contributed by atoms with Gasteiger partial charge in [0.15, 0.2) is 0 Å². The fraction of sp³-hybridized carbons (Fsp3) is 0.133. The summed E-state index contributed by atoms with van der Waals surface area (Å²) < 4.78 is 0.906. The highest BCUT2D eigenvalue weighted by Crippen LogP contribution is 2.21. The van der Waals surface area contributed by atoms with Crippen LogP contribution in [0.25, 0.3) is 0 Å². The molecule has 0 spiro atoms. The summed E-state index contributed by atoms with van der Waals surface area (Å²) in [5.41, 5.74) is 6.57. The van der Waals surface area contributed by atoms with Gasteiger partial charge in [-0.15, -0.1) is 0 Å². The van der Waals surface area contributed by atoms with Gasteiger partial charge in [0.25, 0.3) is 0 Å². The standard InChI is InChI=1S/C15H15BrN2O/c1-15(17,11-6-3-2-4-7-11)14(19)18-13-9-5-8-12(16)10-13/h2-10H,17H2,1H3,(H,18,19). The van der Waals surface area contributed by atoms with Gasteiger partial charge in [0.2, 0.25) is 5.91 Å². The predicted octanol–water partition coefficient (Wildman–Crippen LogP) is 3.26. The third-order valence-electron chi connectivity index (χ3n) is 2.93. The zero-order valence-electron chi connectivity index (χ0n) is 10.6. The van der Waals surface area contributed by atoms with Crippen molar-refractivity contribution in [1.29, 1.82) is 0 Å². The van der Waals surface area contributed by atoms with Crippen LogP contribution >= 0.6 is 15.9 Å². The van der Waals surface area contributed by atoms with Crippen LogP contribution in [0.5, 0.6) is 0 Å². The van der Waals surface area contributed by atoms with Crippen molar-refractivity contribution in [1.82, 2.24) is 0 Å². The Balaban J connectivity index is 2.20. The topological polar surface area (TPSA) is 55.1 Å². The summed E-state index contributed by atoms with van der Waals surface area (Å²) in [5.74, 6) is -0.239. The molecule has 0 saturated carbocycles. The molecule has 0 aliphatic heterocycles. The Kier molecular flexibility index (Phi) is 4.02. The van der Waals surface area contributed by atoms with Crippen molar-refractivity contribution in [3.63, 3.8) is 0 Å². The molecule has 4 heteroatoms. The van der Waals surface area contributed by atoms with Crippen molar-refractivity contribution < 1.29 is 4.79 Å². The number of amides is 1. The summed E-state index contributed by atoms with van der Waals surface area (Å²) in [7, 11) is 0. The van der Waals surface area contributed by atoms with Crippen LogP contribution in [0.1, 0.15) is 12.5 Å². The molecule has 2 rings (SSSR count). The number of halogens is 1. The Bertz CT molecular complexity index is 582. The van der Waals surface area contributed by atoms with E-state index in [-0.39, 0.29) is 5.91 Å². The molecule has 3 N–H and O–H groups in total. The number of nitrogens with one attached hydrogen (secondary N) is 1. The van der Waals surface area contributed by atoms with E-state index in [9.17, 15) is 4.79 Å². The van der Waals surface area contributed by atoms with Crippen LogP contribution < -0.4 is 11.1 Å². The fourth-order valence-corrected chi connectivity index (χ4v) is 2.14. The van der Waals surface area contributed by atoms with Crippen LogP contribution in [0.15, 0.2) is 59.1 Å². The summed E-state index contributed by atoms with van der Waals surface area (Å²) >= 11 is 3.36. The van der Waals surface area contributed by atoms with Gasteiger partial charge in [0.05, 0.1) is 0 Å². The monoisotopic (exact) mass is 318 g/mol. The molecule has 1 amide bonds. The lowest BCUT2D eigenvalue weighted by atomic mass is 9.92. The lowest BCUT2D eigenvalue weighted by Crippen LogP contribution is -2.45. The molecule has 0 fully saturated rings. The maximum Gasteiger partial charge on any atom is 0.248 e. The number of anilines is 1. The van der Waals surface area contributed by atoms with E-state index in [1.54, 1.807) is 6.92 Å². The largest absolute Gasteiger partial charge is 0.324 e. The van der Waals surface area contributed by atoms with Gasteiger partial charge in [-0.2, -0.15) is 0 Å². The SMILES string of the molecule is CC(N)(C(=O)Nc1cccc(Br)c1)c1ccccc1. The van der Waals surface area contributed by atoms with Crippen molar-refractivity contribution >= 4 is 27.5 Å². The lowest BCUT2D eigenvalue weighted by molar-refractivity contribution is -0.120. The quantitative estimate of drug-likeness (QED) is 0.912. The maximum absolute atomic E-state index is 12.3. The second-order valence-electron chi connectivity index (χ2n) is 4.53. The molecule has 0 aromatic heterocycles. The number of carbonyl (C=O) groups is 1. The minimum Gasteiger partial charge on any atom is -0.324 e. The van der Waals surface area contributed by atoms with Crippen LogP contribution in [-0.2, 0) is 10.3 Å². The Morgan fingerprint density at radius 2 is 1.84 bits per heavy atom. The molecular weight excluding hydrogens is 304 g/mol. The summed E-state index contributed by atoms with van der Waals surface area (Å²) in [6.45, 7) is 1.70. The van der Waals surface area contributed by atoms with Gasteiger partial charge >= 0.3 is 0 Å². The van der Waals surface area contributed by atoms with E-state index in [4.69, 9.17) is 5.73 Å². The Labute approximate surface area is 121 Å². The minimum absolute atomic E-state index is 0.239. The van der Waals surface area contributed by atoms with Gasteiger partial charge < -0.3 is 11.1 Å². The average molecular weight is 319 g/mol. The van der Waals surface area contributed by atoms with Gasteiger partial charge in [-0.1, -0.05) is 52.3 Å². The molecule has 19 heavy (non-hydrogen) atoms. The maximum atomic E-state index is 12.3. The van der Waals surface area contributed by atoms with E-state index in [0.29, 0.717) is 5.69 Å².